The number of benzene rings is 1. The Morgan fingerprint density at radius 2 is 2.19 bits per heavy atom. The first-order valence-corrected chi connectivity index (χ1v) is 9.19. The number of nitrogens with zero attached hydrogens (tertiary/aromatic N) is 1. The Balaban J connectivity index is 2.17. The Hall–Kier alpha value is -0.470. The van der Waals surface area contributed by atoms with Crippen molar-refractivity contribution >= 4 is 26.0 Å². The number of nitrogens with one attached hydrogen (secondary N) is 1. The maximum Gasteiger partial charge on any atom is 0.241 e. The van der Waals surface area contributed by atoms with Crippen LogP contribution in [0.15, 0.2) is 21.5 Å². The van der Waals surface area contributed by atoms with Gasteiger partial charge in [0.25, 0.3) is 0 Å². The smallest absolute Gasteiger partial charge is 0.241 e. The fraction of sp³-hybridized carbons (Fsp3) is 0.571. The van der Waals surface area contributed by atoms with Gasteiger partial charge in [0.1, 0.15) is 0 Å². The van der Waals surface area contributed by atoms with Crippen molar-refractivity contribution in [2.24, 2.45) is 5.92 Å². The van der Waals surface area contributed by atoms with E-state index in [0.717, 1.165) is 25.1 Å². The SMILES string of the molecule is Cc1cc(CO)cc(S(=O)(=O)NCC2CCN(C)C2)c1Br. The fourth-order valence-corrected chi connectivity index (χ4v) is 4.78. The predicted molar refractivity (Wildman–Crippen MR) is 85.6 cm³/mol. The molecule has 0 radical (unpaired) electrons. The molecular formula is C14H21BrN2O3S. The van der Waals surface area contributed by atoms with E-state index in [0.29, 0.717) is 22.5 Å². The standard InChI is InChI=1S/C14H21BrN2O3S/c1-10-5-12(9-18)6-13(14(10)15)21(19,20)16-7-11-3-4-17(2)8-11/h5-6,11,16,18H,3-4,7-9H2,1-2H3. The number of aliphatic hydroxyl groups is 1. The molecule has 1 aromatic rings. The number of aliphatic hydroxyl groups excluding tert-OH is 1. The molecule has 1 aliphatic rings. The van der Waals surface area contributed by atoms with Gasteiger partial charge in [-0.1, -0.05) is 6.07 Å². The van der Waals surface area contributed by atoms with Gasteiger partial charge in [-0.3, -0.25) is 0 Å². The van der Waals surface area contributed by atoms with Gasteiger partial charge in [0.15, 0.2) is 0 Å². The van der Waals surface area contributed by atoms with Crippen molar-refractivity contribution in [3.63, 3.8) is 0 Å². The number of rotatable bonds is 5. The second-order valence-electron chi connectivity index (χ2n) is 5.65. The minimum atomic E-state index is -3.58. The van der Waals surface area contributed by atoms with Crippen LogP contribution in [-0.4, -0.2) is 45.1 Å². The molecule has 0 bridgehead atoms. The average molecular weight is 377 g/mol. The van der Waals surface area contributed by atoms with Gasteiger partial charge in [0, 0.05) is 17.6 Å². The average Bonchev–Trinajstić information content (AvgIpc) is 2.85. The summed E-state index contributed by atoms with van der Waals surface area (Å²) in [4.78, 5) is 2.39. The van der Waals surface area contributed by atoms with Crippen LogP contribution in [-0.2, 0) is 16.6 Å². The summed E-state index contributed by atoms with van der Waals surface area (Å²) in [6, 6.07) is 3.29. The molecule has 1 heterocycles. The van der Waals surface area contributed by atoms with E-state index in [4.69, 9.17) is 0 Å². The highest BCUT2D eigenvalue weighted by Crippen LogP contribution is 2.27. The number of likely N-dealkylation sites (tertiary alicyclic amines) is 1. The molecule has 2 rings (SSSR count). The topological polar surface area (TPSA) is 69.6 Å². The van der Waals surface area contributed by atoms with Gasteiger partial charge in [-0.15, -0.1) is 0 Å². The molecule has 0 amide bonds. The molecule has 7 heteroatoms. The Morgan fingerprint density at radius 1 is 1.48 bits per heavy atom. The predicted octanol–water partition coefficient (Wildman–Crippen LogP) is 1.48. The lowest BCUT2D eigenvalue weighted by molar-refractivity contribution is 0.281. The molecule has 1 aliphatic heterocycles. The zero-order valence-electron chi connectivity index (χ0n) is 12.3. The minimum absolute atomic E-state index is 0.177. The van der Waals surface area contributed by atoms with Gasteiger partial charge in [-0.2, -0.15) is 0 Å². The maximum atomic E-state index is 12.5. The molecule has 2 N–H and O–H groups in total. The second-order valence-corrected chi connectivity index (χ2v) is 8.18. The Bertz CT molecular complexity index is 619. The molecule has 1 unspecified atom stereocenters. The summed E-state index contributed by atoms with van der Waals surface area (Å²) in [5.41, 5.74) is 1.39. The highest BCUT2D eigenvalue weighted by molar-refractivity contribution is 9.10. The van der Waals surface area contributed by atoms with Crippen LogP contribution >= 0.6 is 15.9 Å². The van der Waals surface area contributed by atoms with E-state index in [9.17, 15) is 13.5 Å². The van der Waals surface area contributed by atoms with Crippen LogP contribution in [0, 0.1) is 12.8 Å². The van der Waals surface area contributed by atoms with E-state index in [2.05, 4.69) is 25.6 Å². The third kappa shape index (κ3) is 4.04. The van der Waals surface area contributed by atoms with Crippen LogP contribution in [0.5, 0.6) is 0 Å². The molecular weight excluding hydrogens is 356 g/mol. The summed E-state index contributed by atoms with van der Waals surface area (Å²) in [5, 5.41) is 9.24. The van der Waals surface area contributed by atoms with Gasteiger partial charge in [0.2, 0.25) is 10.0 Å². The van der Waals surface area contributed by atoms with Gasteiger partial charge in [0.05, 0.1) is 11.5 Å². The van der Waals surface area contributed by atoms with E-state index in [-0.39, 0.29) is 11.5 Å². The maximum absolute atomic E-state index is 12.5. The van der Waals surface area contributed by atoms with Gasteiger partial charge >= 0.3 is 0 Å². The minimum Gasteiger partial charge on any atom is -0.392 e. The third-order valence-electron chi connectivity index (χ3n) is 3.80. The quantitative estimate of drug-likeness (QED) is 0.816. The first-order valence-electron chi connectivity index (χ1n) is 6.91. The number of halogens is 1. The summed E-state index contributed by atoms with van der Waals surface area (Å²) in [6.07, 6.45) is 1.01. The molecule has 0 aromatic heterocycles. The van der Waals surface area contributed by atoms with Gasteiger partial charge in [-0.25, -0.2) is 13.1 Å². The van der Waals surface area contributed by atoms with Gasteiger partial charge in [-0.05, 0) is 66.0 Å². The summed E-state index contributed by atoms with van der Waals surface area (Å²) in [5.74, 6) is 0.352. The molecule has 21 heavy (non-hydrogen) atoms. The molecule has 1 aromatic carbocycles. The van der Waals surface area contributed by atoms with Crippen LogP contribution in [0.1, 0.15) is 17.5 Å². The van der Waals surface area contributed by atoms with E-state index in [1.165, 1.54) is 6.07 Å². The first kappa shape index (κ1) is 16.9. The summed E-state index contributed by atoms with van der Waals surface area (Å²) >= 11 is 3.33. The Labute approximate surface area is 134 Å². The number of hydrogen-bond donors (Lipinski definition) is 2. The molecule has 1 atom stereocenters. The highest BCUT2D eigenvalue weighted by Gasteiger charge is 2.24. The Morgan fingerprint density at radius 3 is 2.76 bits per heavy atom. The lowest BCUT2D eigenvalue weighted by Gasteiger charge is -2.14. The van der Waals surface area contributed by atoms with E-state index < -0.39 is 10.0 Å². The molecule has 0 aliphatic carbocycles. The lowest BCUT2D eigenvalue weighted by atomic mass is 10.1. The second kappa shape index (κ2) is 6.75. The summed E-state index contributed by atoms with van der Waals surface area (Å²) < 4.78 is 28.2. The van der Waals surface area contributed by atoms with Crippen molar-refractivity contribution < 1.29 is 13.5 Å². The van der Waals surface area contributed by atoms with E-state index in [1.54, 1.807) is 6.07 Å². The zero-order chi connectivity index (χ0) is 15.6. The largest absolute Gasteiger partial charge is 0.392 e. The van der Waals surface area contributed by atoms with Crippen LogP contribution in [0.25, 0.3) is 0 Å². The Kier molecular flexibility index (Phi) is 5.43. The van der Waals surface area contributed by atoms with Crippen molar-refractivity contribution in [1.82, 2.24) is 9.62 Å². The van der Waals surface area contributed by atoms with E-state index >= 15 is 0 Å². The van der Waals surface area contributed by atoms with Crippen LogP contribution in [0.4, 0.5) is 0 Å². The van der Waals surface area contributed by atoms with Gasteiger partial charge < -0.3 is 10.0 Å². The molecule has 0 saturated carbocycles. The fourth-order valence-electron chi connectivity index (χ4n) is 2.59. The van der Waals surface area contributed by atoms with Crippen molar-refractivity contribution in [2.45, 2.75) is 24.8 Å². The molecule has 1 saturated heterocycles. The van der Waals surface area contributed by atoms with Crippen molar-refractivity contribution in [1.29, 1.82) is 0 Å². The molecule has 118 valence electrons. The highest BCUT2D eigenvalue weighted by atomic mass is 79.9. The number of sulfonamides is 1. The van der Waals surface area contributed by atoms with Crippen molar-refractivity contribution in [3.05, 3.63) is 27.7 Å². The lowest BCUT2D eigenvalue weighted by Crippen LogP contribution is -2.31. The normalized spacial score (nSPS) is 20.1. The summed E-state index contributed by atoms with van der Waals surface area (Å²) in [6.45, 7) is 4.01. The molecule has 5 nitrogen and oxygen atoms in total. The molecule has 0 spiro atoms. The van der Waals surface area contributed by atoms with Crippen molar-refractivity contribution in [2.75, 3.05) is 26.7 Å². The van der Waals surface area contributed by atoms with Crippen LogP contribution < -0.4 is 4.72 Å². The monoisotopic (exact) mass is 376 g/mol. The first-order chi connectivity index (χ1) is 9.83. The van der Waals surface area contributed by atoms with Crippen LogP contribution in [0.2, 0.25) is 0 Å². The van der Waals surface area contributed by atoms with Crippen LogP contribution in [0.3, 0.4) is 0 Å². The number of aryl methyl sites for hydroxylation is 1. The van der Waals surface area contributed by atoms with E-state index in [1.807, 2.05) is 14.0 Å². The van der Waals surface area contributed by atoms with Crippen molar-refractivity contribution in [3.8, 4) is 0 Å². The molecule has 1 fully saturated rings. The third-order valence-corrected chi connectivity index (χ3v) is 6.57. The zero-order valence-corrected chi connectivity index (χ0v) is 14.7. The number of hydrogen-bond acceptors (Lipinski definition) is 4. The summed E-state index contributed by atoms with van der Waals surface area (Å²) in [7, 11) is -1.54.